The second-order valence-corrected chi connectivity index (χ2v) is 8.87. The predicted molar refractivity (Wildman–Crippen MR) is 85.2 cm³/mol. The van der Waals surface area contributed by atoms with E-state index < -0.39 is 15.3 Å². The highest BCUT2D eigenvalue weighted by Crippen LogP contribution is 2.35. The first kappa shape index (κ1) is 16.3. The maximum absolute atomic E-state index is 12.6. The molecule has 0 bridgehead atoms. The Kier molecular flexibility index (Phi) is 4.61. The molecule has 0 saturated heterocycles. The Hall–Kier alpha value is -1.57. The molecule has 0 aromatic rings. The van der Waals surface area contributed by atoms with E-state index in [2.05, 4.69) is 22.2 Å². The zero-order valence-corrected chi connectivity index (χ0v) is 13.8. The first-order chi connectivity index (χ1) is 11.0. The summed E-state index contributed by atoms with van der Waals surface area (Å²) >= 11 is 0. The van der Waals surface area contributed by atoms with Crippen molar-refractivity contribution in [1.29, 1.82) is 10.5 Å². The summed E-state index contributed by atoms with van der Waals surface area (Å²) < 4.78 is 28.2. The van der Waals surface area contributed by atoms with Crippen molar-refractivity contribution in [2.45, 2.75) is 62.3 Å². The zero-order chi connectivity index (χ0) is 16.4. The smallest absolute Gasteiger partial charge is 0.214 e. The molecule has 0 radical (unpaired) electrons. The summed E-state index contributed by atoms with van der Waals surface area (Å²) in [5.41, 5.74) is 0.723. The fraction of sp³-hybridized carbons (Fsp3) is 0.750. The van der Waals surface area contributed by atoms with Gasteiger partial charge in [-0.25, -0.2) is 13.1 Å². The van der Waals surface area contributed by atoms with Gasteiger partial charge in [0.25, 0.3) is 0 Å². The quantitative estimate of drug-likeness (QED) is 0.814. The Bertz CT molecular complexity index is 673. The van der Waals surface area contributed by atoms with Gasteiger partial charge < -0.3 is 5.32 Å². The monoisotopic (exact) mass is 334 g/mol. The number of nitrogens with one attached hydrogen (secondary N) is 2. The molecular weight excluding hydrogens is 312 g/mol. The van der Waals surface area contributed by atoms with E-state index in [-0.39, 0.29) is 23.9 Å². The standard InChI is InChI=1S/C16H22N4O2S/c17-8-11-2-1-3-14(6-11)23(21,22)20-13-4-5-16-15(7-13)12(9-18)10-19-16/h10-11,13-16,19-20H,1-7H2. The van der Waals surface area contributed by atoms with Crippen LogP contribution >= 0.6 is 0 Å². The van der Waals surface area contributed by atoms with Crippen LogP contribution in [0.25, 0.3) is 0 Å². The van der Waals surface area contributed by atoms with Crippen LogP contribution in [0.1, 0.15) is 44.9 Å². The highest BCUT2D eigenvalue weighted by atomic mass is 32.2. The Labute approximate surface area is 137 Å². The van der Waals surface area contributed by atoms with Crippen LogP contribution in [0.5, 0.6) is 0 Å². The molecule has 7 heteroatoms. The van der Waals surface area contributed by atoms with Gasteiger partial charge in [0.05, 0.1) is 23.0 Å². The van der Waals surface area contributed by atoms with E-state index in [4.69, 9.17) is 10.5 Å². The molecule has 124 valence electrons. The van der Waals surface area contributed by atoms with Crippen LogP contribution < -0.4 is 10.0 Å². The summed E-state index contributed by atoms with van der Waals surface area (Å²) in [6, 6.07) is 4.57. The maximum atomic E-state index is 12.6. The van der Waals surface area contributed by atoms with Gasteiger partial charge >= 0.3 is 0 Å². The molecule has 5 unspecified atom stereocenters. The maximum Gasteiger partial charge on any atom is 0.214 e. The molecule has 0 spiro atoms. The molecule has 6 nitrogen and oxygen atoms in total. The molecule has 0 aromatic heterocycles. The summed E-state index contributed by atoms with van der Waals surface area (Å²) in [6.07, 6.45) is 6.77. The molecule has 2 fully saturated rings. The van der Waals surface area contributed by atoms with Crippen molar-refractivity contribution in [2.24, 2.45) is 11.8 Å². The lowest BCUT2D eigenvalue weighted by Gasteiger charge is -2.34. The molecule has 2 N–H and O–H groups in total. The Morgan fingerprint density at radius 3 is 2.74 bits per heavy atom. The van der Waals surface area contributed by atoms with E-state index in [9.17, 15) is 8.42 Å². The van der Waals surface area contributed by atoms with Crippen molar-refractivity contribution in [3.05, 3.63) is 11.8 Å². The summed E-state index contributed by atoms with van der Waals surface area (Å²) in [7, 11) is -3.40. The van der Waals surface area contributed by atoms with Gasteiger partial charge in [-0.05, 0) is 38.5 Å². The van der Waals surface area contributed by atoms with E-state index in [1.165, 1.54) is 0 Å². The first-order valence-corrected chi connectivity index (χ1v) is 9.85. The molecule has 1 heterocycles. The van der Waals surface area contributed by atoms with E-state index in [1.807, 2.05) is 0 Å². The highest BCUT2D eigenvalue weighted by Gasteiger charge is 2.39. The van der Waals surface area contributed by atoms with Gasteiger partial charge in [-0.2, -0.15) is 10.5 Å². The van der Waals surface area contributed by atoms with Crippen molar-refractivity contribution in [3.8, 4) is 12.1 Å². The number of fused-ring (bicyclic) bond motifs is 1. The molecule has 0 amide bonds. The molecule has 23 heavy (non-hydrogen) atoms. The van der Waals surface area contributed by atoms with Gasteiger partial charge in [0, 0.05) is 30.1 Å². The van der Waals surface area contributed by atoms with Gasteiger partial charge in [0.2, 0.25) is 10.0 Å². The average molecular weight is 334 g/mol. The third-order valence-electron chi connectivity index (χ3n) is 5.41. The second kappa shape index (κ2) is 6.51. The van der Waals surface area contributed by atoms with Gasteiger partial charge in [-0.3, -0.25) is 0 Å². The molecule has 3 aliphatic rings. The summed E-state index contributed by atoms with van der Waals surface area (Å²) in [5, 5.41) is 21.0. The highest BCUT2D eigenvalue weighted by molar-refractivity contribution is 7.90. The number of hydrogen-bond acceptors (Lipinski definition) is 5. The van der Waals surface area contributed by atoms with E-state index in [0.717, 1.165) is 31.3 Å². The molecule has 3 rings (SSSR count). The molecule has 2 saturated carbocycles. The second-order valence-electron chi connectivity index (χ2n) is 6.88. The summed E-state index contributed by atoms with van der Waals surface area (Å²) in [6.45, 7) is 0. The lowest BCUT2D eigenvalue weighted by molar-refractivity contribution is 0.297. The normalized spacial score (nSPS) is 37.0. The number of nitriles is 2. The lowest BCUT2D eigenvalue weighted by atomic mass is 9.80. The summed E-state index contributed by atoms with van der Waals surface area (Å²) in [5.74, 6) is -0.0344. The van der Waals surface area contributed by atoms with E-state index in [1.54, 1.807) is 6.20 Å². The van der Waals surface area contributed by atoms with Crippen molar-refractivity contribution in [1.82, 2.24) is 10.0 Å². The molecule has 2 aliphatic carbocycles. The zero-order valence-electron chi connectivity index (χ0n) is 13.0. The summed E-state index contributed by atoms with van der Waals surface area (Å²) in [4.78, 5) is 0. The molecule has 5 atom stereocenters. The van der Waals surface area contributed by atoms with Crippen LogP contribution in [0.15, 0.2) is 11.8 Å². The third-order valence-corrected chi connectivity index (χ3v) is 7.38. The Balaban J connectivity index is 1.64. The minimum Gasteiger partial charge on any atom is -0.387 e. The fourth-order valence-electron chi connectivity index (χ4n) is 4.11. The van der Waals surface area contributed by atoms with Gasteiger partial charge in [-0.1, -0.05) is 6.42 Å². The largest absolute Gasteiger partial charge is 0.387 e. The van der Waals surface area contributed by atoms with Crippen molar-refractivity contribution in [3.63, 3.8) is 0 Å². The van der Waals surface area contributed by atoms with Crippen LogP contribution in [0.4, 0.5) is 0 Å². The van der Waals surface area contributed by atoms with Crippen molar-refractivity contribution < 1.29 is 8.42 Å². The average Bonchev–Trinajstić information content (AvgIpc) is 2.97. The number of nitrogens with zero attached hydrogens (tertiary/aromatic N) is 2. The van der Waals surface area contributed by atoms with Crippen LogP contribution in [-0.2, 0) is 10.0 Å². The third kappa shape index (κ3) is 3.36. The van der Waals surface area contributed by atoms with Crippen LogP contribution in [0, 0.1) is 34.5 Å². The topological polar surface area (TPSA) is 106 Å². The number of sulfonamides is 1. The van der Waals surface area contributed by atoms with Crippen LogP contribution in [-0.4, -0.2) is 25.8 Å². The Morgan fingerprint density at radius 2 is 2.00 bits per heavy atom. The fourth-order valence-corrected chi connectivity index (χ4v) is 5.95. The van der Waals surface area contributed by atoms with Gasteiger partial charge in [0.15, 0.2) is 0 Å². The van der Waals surface area contributed by atoms with Gasteiger partial charge in [-0.15, -0.1) is 0 Å². The number of rotatable bonds is 3. The number of hydrogen-bond donors (Lipinski definition) is 2. The minimum atomic E-state index is -3.40. The lowest BCUT2D eigenvalue weighted by Crippen LogP contribution is -2.47. The van der Waals surface area contributed by atoms with Crippen LogP contribution in [0.3, 0.4) is 0 Å². The van der Waals surface area contributed by atoms with Crippen molar-refractivity contribution in [2.75, 3.05) is 0 Å². The molecular formula is C16H22N4O2S. The van der Waals surface area contributed by atoms with E-state index in [0.29, 0.717) is 19.3 Å². The van der Waals surface area contributed by atoms with Gasteiger partial charge in [0.1, 0.15) is 0 Å². The molecule has 1 aliphatic heterocycles. The van der Waals surface area contributed by atoms with Crippen LogP contribution in [0.2, 0.25) is 0 Å². The minimum absolute atomic E-state index is 0.111. The first-order valence-electron chi connectivity index (χ1n) is 8.30. The Morgan fingerprint density at radius 1 is 1.17 bits per heavy atom. The van der Waals surface area contributed by atoms with E-state index >= 15 is 0 Å². The molecule has 0 aromatic carbocycles. The predicted octanol–water partition coefficient (Wildman–Crippen LogP) is 1.54. The van der Waals surface area contributed by atoms with Crippen molar-refractivity contribution >= 4 is 10.0 Å². The SMILES string of the molecule is N#CC1=CNC2CCC(NS(=O)(=O)C3CCCC(C#N)C3)CC12.